The number of fused-ring (bicyclic) bond motifs is 10. The molecule has 6 unspecified atom stereocenters. The van der Waals surface area contributed by atoms with E-state index in [2.05, 4.69) is 101 Å². The molecule has 3 heteroatoms. The normalized spacial score (nSPS) is 35.2. The van der Waals surface area contributed by atoms with E-state index in [1.165, 1.54) is 98.4 Å². The summed E-state index contributed by atoms with van der Waals surface area (Å²) in [5, 5.41) is 2.65. The second kappa shape index (κ2) is 8.30. The van der Waals surface area contributed by atoms with E-state index in [0.717, 1.165) is 41.4 Å². The van der Waals surface area contributed by atoms with Gasteiger partial charge >= 0.3 is 0 Å². The minimum absolute atomic E-state index is 0.543. The van der Waals surface area contributed by atoms with E-state index >= 15 is 0 Å². The number of rotatable bonds is 4. The first-order valence-electron chi connectivity index (χ1n) is 18.7. The smallest absolute Gasteiger partial charge is 0.0525 e. The van der Waals surface area contributed by atoms with Gasteiger partial charge in [-0.1, -0.05) is 36.8 Å². The Morgan fingerprint density at radius 1 is 0.625 bits per heavy atom. The summed E-state index contributed by atoms with van der Waals surface area (Å²) in [6.07, 6.45) is 15.3. The third-order valence-electron chi connectivity index (χ3n) is 15.2. The molecule has 3 aromatic heterocycles. The first kappa shape index (κ1) is 25.7. The van der Waals surface area contributed by atoms with Gasteiger partial charge in [-0.3, -0.25) is 9.97 Å². The van der Waals surface area contributed by atoms with Crippen LogP contribution in [0.15, 0.2) is 85.5 Å². The largest absolute Gasteiger partial charge is 0.337 e. The second-order valence-electron chi connectivity index (χ2n) is 16.9. The van der Waals surface area contributed by atoms with Crippen molar-refractivity contribution in [2.24, 2.45) is 46.8 Å². The molecule has 0 saturated heterocycles. The van der Waals surface area contributed by atoms with Crippen molar-refractivity contribution in [3.63, 3.8) is 0 Å². The summed E-state index contributed by atoms with van der Waals surface area (Å²) in [6.45, 7) is 4.60. The fourth-order valence-corrected chi connectivity index (χ4v) is 13.1. The molecule has 14 rings (SSSR count). The van der Waals surface area contributed by atoms with Crippen molar-refractivity contribution in [3.8, 4) is 33.4 Å². The fraction of sp³-hybridized carbons (Fsp3) is 0.378. The van der Waals surface area contributed by atoms with Gasteiger partial charge in [0, 0.05) is 58.6 Å². The van der Waals surface area contributed by atoms with E-state index < -0.39 is 0 Å². The fourth-order valence-electron chi connectivity index (χ4n) is 13.1. The van der Waals surface area contributed by atoms with Crippen molar-refractivity contribution < 1.29 is 0 Å². The van der Waals surface area contributed by atoms with Gasteiger partial charge in [0.05, 0.1) is 5.52 Å². The zero-order valence-electron chi connectivity index (χ0n) is 27.7. The minimum atomic E-state index is 0.543. The first-order chi connectivity index (χ1) is 23.6. The van der Waals surface area contributed by atoms with Gasteiger partial charge in [-0.15, -0.1) is 0 Å². The molecular weight excluding hydrogens is 583 g/mol. The van der Waals surface area contributed by atoms with Crippen LogP contribution in [0.3, 0.4) is 0 Å². The summed E-state index contributed by atoms with van der Waals surface area (Å²) in [5.74, 6) is 7.63. The number of hydrogen-bond acceptors (Lipinski definition) is 2. The summed E-state index contributed by atoms with van der Waals surface area (Å²) in [4.78, 5) is 9.22. The summed E-state index contributed by atoms with van der Waals surface area (Å²) < 4.78 is 2.70. The Kier molecular flexibility index (Phi) is 4.45. The Bertz CT molecular complexity index is 2430. The van der Waals surface area contributed by atoms with Gasteiger partial charge in [0.25, 0.3) is 0 Å². The first-order valence-corrected chi connectivity index (χ1v) is 18.7. The van der Waals surface area contributed by atoms with Gasteiger partial charge in [-0.2, -0.15) is 0 Å². The molecule has 0 aliphatic heterocycles. The van der Waals surface area contributed by atoms with Crippen molar-refractivity contribution in [1.29, 1.82) is 0 Å². The zero-order valence-corrected chi connectivity index (χ0v) is 27.7. The second-order valence-corrected chi connectivity index (χ2v) is 16.9. The van der Waals surface area contributed by atoms with Gasteiger partial charge < -0.3 is 4.57 Å². The lowest BCUT2D eigenvalue weighted by Crippen LogP contribution is -2.29. The molecule has 234 valence electrons. The van der Waals surface area contributed by atoms with Crippen molar-refractivity contribution in [2.75, 3.05) is 0 Å². The Morgan fingerprint density at radius 2 is 1.35 bits per heavy atom. The lowest BCUT2D eigenvalue weighted by atomic mass is 9.65. The van der Waals surface area contributed by atoms with Crippen LogP contribution >= 0.6 is 0 Å². The average molecular weight is 622 g/mol. The highest BCUT2D eigenvalue weighted by atomic mass is 15.1. The molecule has 0 spiro atoms. The van der Waals surface area contributed by atoms with Crippen LogP contribution in [-0.4, -0.2) is 14.5 Å². The van der Waals surface area contributed by atoms with E-state index in [-0.39, 0.29) is 0 Å². The highest BCUT2D eigenvalue weighted by Gasteiger charge is 2.86. The van der Waals surface area contributed by atoms with Crippen LogP contribution in [0.2, 0.25) is 0 Å². The van der Waals surface area contributed by atoms with Crippen LogP contribution in [0.1, 0.15) is 66.3 Å². The van der Waals surface area contributed by atoms with Crippen molar-refractivity contribution >= 4 is 21.8 Å². The molecule has 6 atom stereocenters. The van der Waals surface area contributed by atoms with Crippen molar-refractivity contribution in [1.82, 2.24) is 14.5 Å². The number of benzene rings is 3. The average Bonchev–Trinajstić information content (AvgIpc) is 4.05. The summed E-state index contributed by atoms with van der Waals surface area (Å²) in [5.41, 5.74) is 17.2. The molecule has 8 aliphatic rings. The van der Waals surface area contributed by atoms with E-state index in [0.29, 0.717) is 17.4 Å². The molecule has 0 amide bonds. The lowest BCUT2D eigenvalue weighted by molar-refractivity contribution is 0.179. The zero-order chi connectivity index (χ0) is 31.2. The van der Waals surface area contributed by atoms with Gasteiger partial charge in [-0.25, -0.2) is 0 Å². The Hall–Kier alpha value is -4.24. The molecule has 3 nitrogen and oxygen atoms in total. The van der Waals surface area contributed by atoms with Gasteiger partial charge in [-0.05, 0) is 167 Å². The van der Waals surface area contributed by atoms with Crippen LogP contribution < -0.4 is 0 Å². The standard InChI is InChI=1S/C45H39N3/c1-22-17-31(25-6-9-36-33(19-25)35-21-47-15-12-37(35)48(36)38-10-8-28-39-40(28)41(38)39)23(2)16-30(22)24-5-7-26-32(18-24)34-20-46-14-11-27(34)42(26)45-13-3-4-29-43(45)44(29)45/h5-7,9,11-12,14-21,28-29,38-44H,3-4,8,10,13H2,1-2H3. The maximum absolute atomic E-state index is 4.63. The molecule has 8 aliphatic carbocycles. The molecular formula is C45H39N3. The third-order valence-corrected chi connectivity index (χ3v) is 15.2. The van der Waals surface area contributed by atoms with Crippen molar-refractivity contribution in [2.45, 2.75) is 57.9 Å². The molecule has 3 heterocycles. The van der Waals surface area contributed by atoms with E-state index in [1.807, 2.05) is 12.4 Å². The topological polar surface area (TPSA) is 30.7 Å². The summed E-state index contributed by atoms with van der Waals surface area (Å²) in [6, 6.07) is 24.8. The SMILES string of the molecule is Cc1cc(-c2ccc3c(c2)c2cnccc2n3C2CCC3C4C3C42)c(C)cc1-c1ccc2c(c1)-c1cnccc1C2C12CCCC3C1C32. The van der Waals surface area contributed by atoms with Crippen LogP contribution in [-0.2, 0) is 0 Å². The van der Waals surface area contributed by atoms with Crippen molar-refractivity contribution in [3.05, 3.63) is 108 Å². The predicted octanol–water partition coefficient (Wildman–Crippen LogP) is 10.5. The molecule has 2 bridgehead atoms. The third kappa shape index (κ3) is 2.93. The van der Waals surface area contributed by atoms with Gasteiger partial charge in [0.1, 0.15) is 0 Å². The number of aromatic nitrogens is 3. The number of aryl methyl sites for hydroxylation is 2. The monoisotopic (exact) mass is 621 g/mol. The van der Waals surface area contributed by atoms with E-state index in [4.69, 9.17) is 0 Å². The molecule has 7 fully saturated rings. The highest BCUT2D eigenvalue weighted by molar-refractivity contribution is 6.09. The minimum Gasteiger partial charge on any atom is -0.337 e. The van der Waals surface area contributed by atoms with Gasteiger partial charge in [0.2, 0.25) is 0 Å². The van der Waals surface area contributed by atoms with E-state index in [9.17, 15) is 0 Å². The van der Waals surface area contributed by atoms with Crippen LogP contribution in [0.4, 0.5) is 0 Å². The number of nitrogens with zero attached hydrogens (tertiary/aromatic N) is 3. The lowest BCUT2D eigenvalue weighted by Gasteiger charge is -2.38. The maximum Gasteiger partial charge on any atom is 0.0525 e. The summed E-state index contributed by atoms with van der Waals surface area (Å²) in [7, 11) is 0. The molecule has 0 N–H and O–H groups in total. The number of hydrogen-bond donors (Lipinski definition) is 0. The Labute approximate surface area is 281 Å². The maximum atomic E-state index is 4.63. The molecule has 0 radical (unpaired) electrons. The van der Waals surface area contributed by atoms with Crippen LogP contribution in [0, 0.1) is 60.7 Å². The molecule has 3 aromatic carbocycles. The Morgan fingerprint density at radius 3 is 2.17 bits per heavy atom. The molecule has 7 saturated carbocycles. The highest BCUT2D eigenvalue weighted by Crippen LogP contribution is 2.91. The molecule has 6 aromatic rings. The van der Waals surface area contributed by atoms with Crippen LogP contribution in [0.5, 0.6) is 0 Å². The van der Waals surface area contributed by atoms with Crippen LogP contribution in [0.25, 0.3) is 55.2 Å². The van der Waals surface area contributed by atoms with Gasteiger partial charge in [0.15, 0.2) is 0 Å². The predicted molar refractivity (Wildman–Crippen MR) is 192 cm³/mol. The quantitative estimate of drug-likeness (QED) is 0.196. The Balaban J connectivity index is 0.899. The molecule has 48 heavy (non-hydrogen) atoms. The van der Waals surface area contributed by atoms with E-state index in [1.54, 1.807) is 11.1 Å². The number of pyridine rings is 2. The summed E-state index contributed by atoms with van der Waals surface area (Å²) >= 11 is 0.